The van der Waals surface area contributed by atoms with Crippen molar-refractivity contribution in [2.45, 2.75) is 0 Å². The molecule has 0 bridgehead atoms. The Hall–Kier alpha value is -2.15. The maximum atomic E-state index is 8.52. The summed E-state index contributed by atoms with van der Waals surface area (Å²) in [5, 5.41) is 12.5. The van der Waals surface area contributed by atoms with E-state index in [-0.39, 0.29) is 0 Å². The zero-order chi connectivity index (χ0) is 9.10. The molecule has 0 saturated heterocycles. The van der Waals surface area contributed by atoms with Crippen molar-refractivity contribution in [3.05, 3.63) is 42.5 Å². The van der Waals surface area contributed by atoms with E-state index in [2.05, 4.69) is 16.1 Å². The van der Waals surface area contributed by atoms with Gasteiger partial charge in [-0.15, -0.1) is 0 Å². The van der Waals surface area contributed by atoms with Crippen LogP contribution in [-0.4, -0.2) is 14.8 Å². The highest BCUT2D eigenvalue weighted by molar-refractivity contribution is 5.31. The highest BCUT2D eigenvalue weighted by Gasteiger charge is 1.96. The van der Waals surface area contributed by atoms with Crippen LogP contribution in [0.5, 0.6) is 0 Å². The lowest BCUT2D eigenvalue weighted by molar-refractivity contribution is 0.873. The molecule has 0 aromatic carbocycles. The van der Waals surface area contributed by atoms with Crippen LogP contribution in [-0.2, 0) is 0 Å². The fraction of sp³-hybridized carbons (Fsp3) is 0. The monoisotopic (exact) mass is 169 g/mol. The minimum atomic E-state index is 0.403. The van der Waals surface area contributed by atoms with Crippen molar-refractivity contribution >= 4 is 0 Å². The van der Waals surface area contributed by atoms with Gasteiger partial charge in [-0.2, -0.15) is 10.4 Å². The van der Waals surface area contributed by atoms with E-state index in [4.69, 9.17) is 5.26 Å². The van der Waals surface area contributed by atoms with Crippen molar-refractivity contribution in [2.24, 2.45) is 0 Å². The van der Waals surface area contributed by atoms with Gasteiger partial charge >= 0.3 is 0 Å². The SMILES string of the molecule is N#Cc1ccc(-n2c[c]cn2)cn1. The van der Waals surface area contributed by atoms with E-state index in [0.717, 1.165) is 5.69 Å². The average molecular weight is 169 g/mol. The number of hydrogen-bond acceptors (Lipinski definition) is 3. The number of nitrogens with zero attached hydrogens (tertiary/aromatic N) is 4. The van der Waals surface area contributed by atoms with E-state index >= 15 is 0 Å². The lowest BCUT2D eigenvalue weighted by atomic mass is 10.3. The van der Waals surface area contributed by atoms with Crippen molar-refractivity contribution < 1.29 is 0 Å². The first-order valence-corrected chi connectivity index (χ1v) is 3.67. The molecule has 13 heavy (non-hydrogen) atoms. The van der Waals surface area contributed by atoms with Crippen molar-refractivity contribution in [3.8, 4) is 11.8 Å². The zero-order valence-corrected chi connectivity index (χ0v) is 6.68. The van der Waals surface area contributed by atoms with Gasteiger partial charge in [0.25, 0.3) is 0 Å². The van der Waals surface area contributed by atoms with Gasteiger partial charge in [0.05, 0.1) is 18.1 Å². The third-order valence-corrected chi connectivity index (χ3v) is 1.58. The largest absolute Gasteiger partial charge is 0.243 e. The van der Waals surface area contributed by atoms with Crippen molar-refractivity contribution in [1.82, 2.24) is 14.8 Å². The molecule has 2 rings (SSSR count). The first kappa shape index (κ1) is 7.50. The van der Waals surface area contributed by atoms with E-state index in [1.807, 2.05) is 6.07 Å². The average Bonchev–Trinajstić information content (AvgIpc) is 2.71. The molecule has 2 heterocycles. The van der Waals surface area contributed by atoms with Crippen LogP contribution in [0.1, 0.15) is 5.69 Å². The minimum Gasteiger partial charge on any atom is -0.243 e. The maximum Gasteiger partial charge on any atom is 0.140 e. The molecular formula is C9H5N4. The van der Waals surface area contributed by atoms with Gasteiger partial charge in [0.2, 0.25) is 0 Å². The van der Waals surface area contributed by atoms with Gasteiger partial charge in [0.1, 0.15) is 11.8 Å². The number of aromatic nitrogens is 3. The molecular weight excluding hydrogens is 164 g/mol. The van der Waals surface area contributed by atoms with Crippen LogP contribution in [0.4, 0.5) is 0 Å². The molecule has 0 aliphatic rings. The molecule has 4 nitrogen and oxygen atoms in total. The fourth-order valence-corrected chi connectivity index (χ4v) is 0.962. The fourth-order valence-electron chi connectivity index (χ4n) is 0.962. The Morgan fingerprint density at radius 2 is 2.38 bits per heavy atom. The van der Waals surface area contributed by atoms with Crippen molar-refractivity contribution in [1.29, 1.82) is 5.26 Å². The summed E-state index contributed by atoms with van der Waals surface area (Å²) in [6.07, 6.45) is 4.86. The summed E-state index contributed by atoms with van der Waals surface area (Å²) in [4.78, 5) is 3.92. The number of nitriles is 1. The normalized spacial score (nSPS) is 9.46. The Morgan fingerprint density at radius 1 is 1.46 bits per heavy atom. The Morgan fingerprint density at radius 3 is 2.92 bits per heavy atom. The molecule has 1 radical (unpaired) electrons. The van der Waals surface area contributed by atoms with Crippen molar-refractivity contribution in [2.75, 3.05) is 0 Å². The van der Waals surface area contributed by atoms with Crippen LogP contribution in [0.2, 0.25) is 0 Å². The van der Waals surface area contributed by atoms with Crippen LogP contribution in [0, 0.1) is 17.4 Å². The molecule has 2 aromatic rings. The van der Waals surface area contributed by atoms with Gasteiger partial charge < -0.3 is 0 Å². The number of rotatable bonds is 1. The van der Waals surface area contributed by atoms with E-state index < -0.39 is 0 Å². The summed E-state index contributed by atoms with van der Waals surface area (Å²) >= 11 is 0. The van der Waals surface area contributed by atoms with E-state index in [0.29, 0.717) is 5.69 Å². The Kier molecular flexibility index (Phi) is 1.77. The first-order chi connectivity index (χ1) is 6.40. The maximum absolute atomic E-state index is 8.52. The molecule has 0 aliphatic carbocycles. The summed E-state index contributed by atoms with van der Waals surface area (Å²) in [6.45, 7) is 0. The van der Waals surface area contributed by atoms with Crippen LogP contribution in [0.15, 0.2) is 30.7 Å². The van der Waals surface area contributed by atoms with E-state index in [9.17, 15) is 0 Å². The second kappa shape index (κ2) is 3.07. The van der Waals surface area contributed by atoms with Crippen molar-refractivity contribution in [3.63, 3.8) is 0 Å². The topological polar surface area (TPSA) is 54.5 Å². The molecule has 0 saturated carbocycles. The smallest absolute Gasteiger partial charge is 0.140 e. The van der Waals surface area contributed by atoms with Crippen LogP contribution >= 0.6 is 0 Å². The van der Waals surface area contributed by atoms with Gasteiger partial charge in [0, 0.05) is 12.3 Å². The summed E-state index contributed by atoms with van der Waals surface area (Å²) in [5.41, 5.74) is 1.22. The molecule has 0 amide bonds. The summed E-state index contributed by atoms with van der Waals surface area (Å²) in [6, 6.07) is 8.20. The standard InChI is InChI=1S/C9H5N4/c10-6-8-2-3-9(7-11-8)13-5-1-4-12-13/h2-5,7H. The minimum absolute atomic E-state index is 0.403. The highest BCUT2D eigenvalue weighted by atomic mass is 15.3. The molecule has 0 N–H and O–H groups in total. The lowest BCUT2D eigenvalue weighted by Crippen LogP contribution is -1.95. The first-order valence-electron chi connectivity index (χ1n) is 3.67. The molecule has 0 atom stereocenters. The summed E-state index contributed by atoms with van der Waals surface area (Å²) in [7, 11) is 0. The number of pyridine rings is 1. The van der Waals surface area contributed by atoms with Gasteiger partial charge in [-0.25, -0.2) is 9.67 Å². The molecule has 0 spiro atoms. The molecule has 4 heteroatoms. The Balaban J connectivity index is 2.40. The third-order valence-electron chi connectivity index (χ3n) is 1.58. The second-order valence-electron chi connectivity index (χ2n) is 2.40. The second-order valence-corrected chi connectivity index (χ2v) is 2.40. The van der Waals surface area contributed by atoms with Gasteiger partial charge in [-0.1, -0.05) is 0 Å². The van der Waals surface area contributed by atoms with Crippen LogP contribution in [0.3, 0.4) is 0 Å². The lowest BCUT2D eigenvalue weighted by Gasteiger charge is -1.98. The van der Waals surface area contributed by atoms with Gasteiger partial charge in [0.15, 0.2) is 0 Å². The quantitative estimate of drug-likeness (QED) is 0.638. The van der Waals surface area contributed by atoms with E-state index in [1.165, 1.54) is 0 Å². The van der Waals surface area contributed by atoms with Gasteiger partial charge in [-0.05, 0) is 12.1 Å². The van der Waals surface area contributed by atoms with E-state index in [1.54, 1.807) is 35.4 Å². The molecule has 0 fully saturated rings. The summed E-state index contributed by atoms with van der Waals surface area (Å²) < 4.78 is 1.63. The highest BCUT2D eigenvalue weighted by Crippen LogP contribution is 2.03. The summed E-state index contributed by atoms with van der Waals surface area (Å²) in [5.74, 6) is 0. The van der Waals surface area contributed by atoms with Crippen LogP contribution in [0.25, 0.3) is 5.69 Å². The Bertz CT molecular complexity index is 422. The van der Waals surface area contributed by atoms with Gasteiger partial charge in [-0.3, -0.25) is 0 Å². The van der Waals surface area contributed by atoms with Crippen LogP contribution < -0.4 is 0 Å². The molecule has 0 unspecified atom stereocenters. The number of hydrogen-bond donors (Lipinski definition) is 0. The molecule has 0 aliphatic heterocycles. The Labute approximate surface area is 75.1 Å². The predicted molar refractivity (Wildman–Crippen MR) is 44.9 cm³/mol. The predicted octanol–water partition coefficient (Wildman–Crippen LogP) is 0.939. The zero-order valence-electron chi connectivity index (χ0n) is 6.68. The molecule has 2 aromatic heterocycles. The molecule has 61 valence electrons. The third kappa shape index (κ3) is 1.40.